The third kappa shape index (κ3) is 3.31. The maximum atomic E-state index is 12.0. The van der Waals surface area contributed by atoms with Crippen LogP contribution in [0.1, 0.15) is 5.56 Å². The summed E-state index contributed by atoms with van der Waals surface area (Å²) >= 11 is 0. The first-order chi connectivity index (χ1) is 9.08. The molecule has 0 saturated carbocycles. The van der Waals surface area contributed by atoms with Gasteiger partial charge >= 0.3 is 11.8 Å². The Morgan fingerprint density at radius 3 is 2.68 bits per heavy atom. The smallest absolute Gasteiger partial charge is 0.312 e. The Hall–Kier alpha value is -1.89. The first-order valence-corrected chi connectivity index (χ1v) is 6.30. The molecule has 2 amide bonds. The highest BCUT2D eigenvalue weighted by Crippen LogP contribution is 2.03. The summed E-state index contributed by atoms with van der Waals surface area (Å²) in [4.78, 5) is 27.1. The van der Waals surface area contributed by atoms with Gasteiger partial charge in [-0.3, -0.25) is 14.3 Å². The van der Waals surface area contributed by atoms with Gasteiger partial charge in [0.05, 0.1) is 6.20 Å². The van der Waals surface area contributed by atoms with E-state index in [9.17, 15) is 9.59 Å². The zero-order valence-electron chi connectivity index (χ0n) is 11.3. The Morgan fingerprint density at radius 2 is 2.11 bits per heavy atom. The number of aryl methyl sites for hydroxylation is 1. The molecule has 19 heavy (non-hydrogen) atoms. The number of aromatic nitrogens is 2. The molecule has 7 nitrogen and oxygen atoms in total. The molecule has 1 N–H and O–H groups in total. The molecule has 1 aromatic rings. The van der Waals surface area contributed by atoms with Crippen molar-refractivity contribution in [2.45, 2.75) is 6.54 Å². The summed E-state index contributed by atoms with van der Waals surface area (Å²) in [6, 6.07) is 0. The molecule has 0 aliphatic carbocycles. The Kier molecular flexibility index (Phi) is 4.16. The van der Waals surface area contributed by atoms with Gasteiger partial charge in [-0.1, -0.05) is 0 Å². The van der Waals surface area contributed by atoms with Gasteiger partial charge in [-0.05, 0) is 0 Å². The van der Waals surface area contributed by atoms with Crippen molar-refractivity contribution < 1.29 is 9.59 Å². The van der Waals surface area contributed by atoms with Crippen molar-refractivity contribution in [1.82, 2.24) is 24.9 Å². The summed E-state index contributed by atoms with van der Waals surface area (Å²) < 4.78 is 1.67. The number of nitrogens with one attached hydrogen (secondary N) is 1. The van der Waals surface area contributed by atoms with Crippen molar-refractivity contribution >= 4 is 11.8 Å². The zero-order valence-corrected chi connectivity index (χ0v) is 11.3. The molecular formula is C12H19N5O2. The standard InChI is InChI=1S/C12H19N5O2/c1-15(8-10-7-14-16(2)9-10)11(18)12(19)17-5-3-13-4-6-17/h7,9,13H,3-6,8H2,1-2H3. The number of amides is 2. The normalized spacial score (nSPS) is 15.4. The fourth-order valence-corrected chi connectivity index (χ4v) is 2.07. The fraction of sp³-hybridized carbons (Fsp3) is 0.583. The molecule has 2 heterocycles. The van der Waals surface area contributed by atoms with Crippen LogP contribution >= 0.6 is 0 Å². The van der Waals surface area contributed by atoms with E-state index >= 15 is 0 Å². The summed E-state index contributed by atoms with van der Waals surface area (Å²) in [5.74, 6) is -0.890. The molecule has 0 radical (unpaired) electrons. The van der Waals surface area contributed by atoms with Crippen LogP contribution in [0.3, 0.4) is 0 Å². The number of hydrogen-bond donors (Lipinski definition) is 1. The Morgan fingerprint density at radius 1 is 1.42 bits per heavy atom. The summed E-state index contributed by atoms with van der Waals surface area (Å²) in [6.07, 6.45) is 3.53. The third-order valence-electron chi connectivity index (χ3n) is 3.11. The summed E-state index contributed by atoms with van der Waals surface area (Å²) in [5.41, 5.74) is 0.909. The molecule has 1 aliphatic rings. The Bertz CT molecular complexity index is 464. The van der Waals surface area contributed by atoms with Gasteiger partial charge in [-0.25, -0.2) is 0 Å². The molecule has 1 fully saturated rings. The highest BCUT2D eigenvalue weighted by molar-refractivity contribution is 6.34. The van der Waals surface area contributed by atoms with E-state index in [4.69, 9.17) is 0 Å². The second kappa shape index (κ2) is 5.83. The predicted molar refractivity (Wildman–Crippen MR) is 69.1 cm³/mol. The number of carbonyl (C=O) groups excluding carboxylic acids is 2. The lowest BCUT2D eigenvalue weighted by molar-refractivity contribution is -0.151. The van der Waals surface area contributed by atoms with E-state index in [2.05, 4.69) is 10.4 Å². The van der Waals surface area contributed by atoms with E-state index in [1.807, 2.05) is 13.2 Å². The Labute approximate surface area is 112 Å². The Balaban J connectivity index is 1.92. The lowest BCUT2D eigenvalue weighted by Gasteiger charge is -2.28. The quantitative estimate of drug-likeness (QED) is 0.683. The molecule has 1 aromatic heterocycles. The van der Waals surface area contributed by atoms with E-state index in [1.165, 1.54) is 4.90 Å². The van der Waals surface area contributed by atoms with Crippen LogP contribution in [0, 0.1) is 0 Å². The third-order valence-corrected chi connectivity index (χ3v) is 3.11. The topological polar surface area (TPSA) is 70.5 Å². The van der Waals surface area contributed by atoms with Gasteiger partial charge in [0.2, 0.25) is 0 Å². The number of piperazine rings is 1. The van der Waals surface area contributed by atoms with Crippen LogP contribution in [0.25, 0.3) is 0 Å². The van der Waals surface area contributed by atoms with Crippen LogP contribution in [-0.2, 0) is 23.2 Å². The van der Waals surface area contributed by atoms with Gasteiger partial charge in [0.15, 0.2) is 0 Å². The molecular weight excluding hydrogens is 246 g/mol. The average molecular weight is 265 g/mol. The van der Waals surface area contributed by atoms with Gasteiger partial charge < -0.3 is 15.1 Å². The number of nitrogens with zero attached hydrogens (tertiary/aromatic N) is 4. The molecule has 0 aromatic carbocycles. The minimum absolute atomic E-state index is 0.393. The highest BCUT2D eigenvalue weighted by Gasteiger charge is 2.26. The molecule has 0 bridgehead atoms. The minimum Gasteiger partial charge on any atom is -0.333 e. The van der Waals surface area contributed by atoms with Crippen molar-refractivity contribution in [2.24, 2.45) is 7.05 Å². The fourth-order valence-electron chi connectivity index (χ4n) is 2.07. The molecule has 2 rings (SSSR count). The molecule has 1 aliphatic heterocycles. The molecule has 0 atom stereocenters. The van der Waals surface area contributed by atoms with Gasteiger partial charge in [0.1, 0.15) is 0 Å². The number of likely N-dealkylation sites (N-methyl/N-ethyl adjacent to an activating group) is 1. The summed E-state index contributed by atoms with van der Waals surface area (Å²) in [7, 11) is 3.45. The number of rotatable bonds is 2. The van der Waals surface area contributed by atoms with Crippen LogP contribution in [0.2, 0.25) is 0 Å². The zero-order chi connectivity index (χ0) is 13.8. The maximum Gasteiger partial charge on any atom is 0.312 e. The number of hydrogen-bond acceptors (Lipinski definition) is 4. The number of carbonyl (C=O) groups is 2. The van der Waals surface area contributed by atoms with Gasteiger partial charge in [-0.2, -0.15) is 5.10 Å². The lowest BCUT2D eigenvalue weighted by Crippen LogP contribution is -2.51. The molecule has 104 valence electrons. The highest BCUT2D eigenvalue weighted by atomic mass is 16.2. The van der Waals surface area contributed by atoms with E-state index in [-0.39, 0.29) is 0 Å². The van der Waals surface area contributed by atoms with Gasteiger partial charge in [0.25, 0.3) is 0 Å². The molecule has 1 saturated heterocycles. The van der Waals surface area contributed by atoms with Crippen molar-refractivity contribution in [2.75, 3.05) is 33.2 Å². The van der Waals surface area contributed by atoms with Crippen LogP contribution < -0.4 is 5.32 Å². The maximum absolute atomic E-state index is 12.0. The monoisotopic (exact) mass is 265 g/mol. The average Bonchev–Trinajstić information content (AvgIpc) is 2.83. The SMILES string of the molecule is CN(Cc1cnn(C)c1)C(=O)C(=O)N1CCNCC1. The van der Waals surface area contributed by atoms with E-state index in [0.717, 1.165) is 18.7 Å². The largest absolute Gasteiger partial charge is 0.333 e. The summed E-state index contributed by atoms with van der Waals surface area (Å²) in [6.45, 7) is 3.05. The van der Waals surface area contributed by atoms with Crippen molar-refractivity contribution in [3.8, 4) is 0 Å². The first kappa shape index (κ1) is 13.5. The van der Waals surface area contributed by atoms with Gasteiger partial charge in [-0.15, -0.1) is 0 Å². The molecule has 7 heteroatoms. The molecule has 0 unspecified atom stereocenters. The van der Waals surface area contributed by atoms with E-state index in [1.54, 1.807) is 22.8 Å². The second-order valence-corrected chi connectivity index (χ2v) is 4.73. The first-order valence-electron chi connectivity index (χ1n) is 6.30. The molecule has 0 spiro atoms. The van der Waals surface area contributed by atoms with Crippen molar-refractivity contribution in [3.63, 3.8) is 0 Å². The summed E-state index contributed by atoms with van der Waals surface area (Å²) in [5, 5.41) is 7.19. The van der Waals surface area contributed by atoms with E-state index < -0.39 is 11.8 Å². The van der Waals surface area contributed by atoms with Crippen molar-refractivity contribution in [1.29, 1.82) is 0 Å². The lowest BCUT2D eigenvalue weighted by atomic mass is 10.3. The van der Waals surface area contributed by atoms with Crippen LogP contribution in [0.4, 0.5) is 0 Å². The van der Waals surface area contributed by atoms with Crippen molar-refractivity contribution in [3.05, 3.63) is 18.0 Å². The second-order valence-electron chi connectivity index (χ2n) is 4.73. The predicted octanol–water partition coefficient (Wildman–Crippen LogP) is -1.19. The van der Waals surface area contributed by atoms with Crippen LogP contribution in [0.15, 0.2) is 12.4 Å². The van der Waals surface area contributed by atoms with Crippen LogP contribution in [-0.4, -0.2) is 64.6 Å². The van der Waals surface area contributed by atoms with Crippen LogP contribution in [0.5, 0.6) is 0 Å². The minimum atomic E-state index is -0.467. The van der Waals surface area contributed by atoms with E-state index in [0.29, 0.717) is 19.6 Å². The van der Waals surface area contributed by atoms with Gasteiger partial charge in [0, 0.05) is 58.6 Å².